The van der Waals surface area contributed by atoms with Crippen LogP contribution in [0.4, 0.5) is 0 Å². The lowest BCUT2D eigenvalue weighted by Gasteiger charge is -2.11. The number of hydrogen-bond donors (Lipinski definition) is 4. The quantitative estimate of drug-likeness (QED) is 0.315. The van der Waals surface area contributed by atoms with Gasteiger partial charge in [-0.15, -0.1) is 11.3 Å². The van der Waals surface area contributed by atoms with Crippen molar-refractivity contribution in [1.82, 2.24) is 20.3 Å². The number of benzene rings is 2. The summed E-state index contributed by atoms with van der Waals surface area (Å²) in [6.45, 7) is 0.215. The Bertz CT molecular complexity index is 1430. The highest BCUT2D eigenvalue weighted by atomic mass is 32.1. The van der Waals surface area contributed by atoms with Crippen LogP contribution in [0.5, 0.6) is 11.6 Å². The summed E-state index contributed by atoms with van der Waals surface area (Å²) in [6.07, 6.45) is 1.95. The highest BCUT2D eigenvalue weighted by Gasteiger charge is 2.21. The Kier molecular flexibility index (Phi) is 5.04. The Balaban J connectivity index is 1.44. The molecule has 3 heterocycles. The van der Waals surface area contributed by atoms with E-state index in [4.69, 9.17) is 0 Å². The molecule has 0 atom stereocenters. The van der Waals surface area contributed by atoms with Gasteiger partial charge < -0.3 is 20.5 Å². The number of aromatic hydroxyl groups is 2. The number of nitrogens with zero attached hydrogens (tertiary/aromatic N) is 2. The maximum atomic E-state index is 12.8. The molecule has 0 radical (unpaired) electrons. The number of H-pyrrole nitrogens is 1. The molecule has 0 saturated carbocycles. The van der Waals surface area contributed by atoms with Crippen molar-refractivity contribution in [3.63, 3.8) is 0 Å². The number of rotatable bonds is 5. The van der Waals surface area contributed by atoms with E-state index >= 15 is 0 Å². The largest absolute Gasteiger partial charge is 0.501 e. The number of hydrogen-bond acceptors (Lipinski definition) is 6. The summed E-state index contributed by atoms with van der Waals surface area (Å²) >= 11 is 1.37. The zero-order valence-electron chi connectivity index (χ0n) is 16.7. The van der Waals surface area contributed by atoms with Gasteiger partial charge in [0.1, 0.15) is 0 Å². The van der Waals surface area contributed by atoms with Crippen LogP contribution in [-0.2, 0) is 6.54 Å². The van der Waals surface area contributed by atoms with E-state index in [1.165, 1.54) is 11.3 Å². The highest BCUT2D eigenvalue weighted by Crippen LogP contribution is 2.32. The van der Waals surface area contributed by atoms with Gasteiger partial charge in [0.15, 0.2) is 11.5 Å². The van der Waals surface area contributed by atoms with Crippen LogP contribution < -0.4 is 5.32 Å². The van der Waals surface area contributed by atoms with Crippen molar-refractivity contribution in [2.24, 2.45) is 0 Å². The number of carbonyl (C=O) groups excluding carboxylic acids is 1. The molecule has 0 unspecified atom stereocenters. The summed E-state index contributed by atoms with van der Waals surface area (Å²) < 4.78 is 0. The fourth-order valence-electron chi connectivity index (χ4n) is 3.61. The third kappa shape index (κ3) is 3.57. The molecule has 0 aliphatic rings. The maximum Gasteiger partial charge on any atom is 0.274 e. The molecule has 5 aromatic rings. The fraction of sp³-hybridized carbons (Fsp3) is 0.0417. The van der Waals surface area contributed by atoms with Crippen LogP contribution in [0.15, 0.2) is 72.2 Å². The number of nitrogens with one attached hydrogen (secondary N) is 2. The lowest BCUT2D eigenvalue weighted by molar-refractivity contribution is 0.0942. The van der Waals surface area contributed by atoms with Crippen LogP contribution in [-0.4, -0.2) is 31.1 Å². The Morgan fingerprint density at radius 2 is 1.78 bits per heavy atom. The van der Waals surface area contributed by atoms with Crippen molar-refractivity contribution >= 4 is 28.1 Å². The first-order valence-corrected chi connectivity index (χ1v) is 10.8. The summed E-state index contributed by atoms with van der Waals surface area (Å²) in [5.74, 6) is -1.70. The van der Waals surface area contributed by atoms with Gasteiger partial charge in [-0.2, -0.15) is 4.98 Å². The first-order chi connectivity index (χ1) is 15.6. The average molecular weight is 443 g/mol. The summed E-state index contributed by atoms with van der Waals surface area (Å²) in [5, 5.41) is 25.9. The van der Waals surface area contributed by atoms with E-state index in [0.29, 0.717) is 4.88 Å². The number of para-hydroxylation sites is 1. The predicted molar refractivity (Wildman–Crippen MR) is 124 cm³/mol. The van der Waals surface area contributed by atoms with Gasteiger partial charge in [-0.1, -0.05) is 48.5 Å². The van der Waals surface area contributed by atoms with E-state index in [2.05, 4.69) is 20.3 Å². The second-order valence-corrected chi connectivity index (χ2v) is 8.08. The smallest absolute Gasteiger partial charge is 0.274 e. The van der Waals surface area contributed by atoms with Gasteiger partial charge in [0.25, 0.3) is 11.8 Å². The van der Waals surface area contributed by atoms with Crippen LogP contribution >= 0.6 is 11.3 Å². The molecule has 0 saturated heterocycles. The van der Waals surface area contributed by atoms with Crippen molar-refractivity contribution in [3.8, 4) is 33.5 Å². The molecule has 158 valence electrons. The topological polar surface area (TPSA) is 111 Å². The zero-order chi connectivity index (χ0) is 22.1. The van der Waals surface area contributed by atoms with Crippen molar-refractivity contribution in [2.75, 3.05) is 0 Å². The number of thiophene rings is 1. The minimum Gasteiger partial charge on any atom is -0.501 e. The minimum absolute atomic E-state index is 0.180. The molecule has 0 aliphatic heterocycles. The summed E-state index contributed by atoms with van der Waals surface area (Å²) in [6, 6.07) is 19.4. The molecule has 8 heteroatoms. The van der Waals surface area contributed by atoms with Crippen LogP contribution in [0.1, 0.15) is 16.1 Å². The van der Waals surface area contributed by atoms with Crippen molar-refractivity contribution in [1.29, 1.82) is 0 Å². The second-order valence-electron chi connectivity index (χ2n) is 7.13. The Labute approximate surface area is 187 Å². The van der Waals surface area contributed by atoms with Gasteiger partial charge in [-0.05, 0) is 28.6 Å². The maximum absolute atomic E-state index is 12.8. The predicted octanol–water partition coefficient (Wildman–Crippen LogP) is 4.69. The molecule has 32 heavy (non-hydrogen) atoms. The van der Waals surface area contributed by atoms with Crippen molar-refractivity contribution in [2.45, 2.75) is 6.54 Å². The van der Waals surface area contributed by atoms with Crippen molar-refractivity contribution in [3.05, 3.63) is 83.5 Å². The van der Waals surface area contributed by atoms with E-state index in [9.17, 15) is 15.0 Å². The van der Waals surface area contributed by atoms with E-state index in [1.807, 2.05) is 66.2 Å². The molecule has 3 aromatic heterocycles. The van der Waals surface area contributed by atoms with Crippen LogP contribution in [0, 0.1) is 0 Å². The van der Waals surface area contributed by atoms with Gasteiger partial charge in [0, 0.05) is 29.2 Å². The third-order valence-corrected chi connectivity index (χ3v) is 6.02. The molecule has 7 nitrogen and oxygen atoms in total. The lowest BCUT2D eigenvalue weighted by Crippen LogP contribution is -2.24. The minimum atomic E-state index is -0.646. The van der Waals surface area contributed by atoms with Gasteiger partial charge in [-0.25, -0.2) is 4.98 Å². The van der Waals surface area contributed by atoms with Crippen molar-refractivity contribution < 1.29 is 15.0 Å². The SMILES string of the molecule is O=C(NCc1ccccc1-c1c[nH]c2ccccc12)c1nc(-c2cccs2)nc(O)c1O. The molecule has 0 aliphatic carbocycles. The first-order valence-electron chi connectivity index (χ1n) is 9.88. The van der Waals surface area contributed by atoms with Gasteiger partial charge >= 0.3 is 0 Å². The van der Waals surface area contributed by atoms with E-state index < -0.39 is 17.5 Å². The number of aromatic nitrogens is 3. The Morgan fingerprint density at radius 1 is 0.969 bits per heavy atom. The molecule has 0 spiro atoms. The van der Waals surface area contributed by atoms with Gasteiger partial charge in [0.2, 0.25) is 5.75 Å². The normalized spacial score (nSPS) is 11.0. The number of amides is 1. The standard InChI is InChI=1S/C24H18N4O3S/c29-21-20(27-22(28-24(21)31)19-10-5-11-32-19)23(30)26-12-14-6-1-2-7-15(14)17-13-25-18-9-4-3-8-16(17)18/h1-11,13,25,29H,12H2,(H,26,30)(H,27,28,31). The molecular weight excluding hydrogens is 424 g/mol. The molecule has 5 rings (SSSR count). The first kappa shape index (κ1) is 19.8. The van der Waals surface area contributed by atoms with Gasteiger partial charge in [-0.3, -0.25) is 4.79 Å². The number of fused-ring (bicyclic) bond motifs is 1. The summed E-state index contributed by atoms with van der Waals surface area (Å²) in [5.41, 5.74) is 3.68. The number of aromatic amines is 1. The summed E-state index contributed by atoms with van der Waals surface area (Å²) in [4.78, 5) is 24.8. The molecule has 1 amide bonds. The average Bonchev–Trinajstić information content (AvgIpc) is 3.50. The van der Waals surface area contributed by atoms with Crippen LogP contribution in [0.25, 0.3) is 32.7 Å². The molecule has 2 aromatic carbocycles. The van der Waals surface area contributed by atoms with E-state index in [0.717, 1.165) is 27.6 Å². The Hall–Kier alpha value is -4.17. The van der Waals surface area contributed by atoms with E-state index in [-0.39, 0.29) is 18.1 Å². The molecule has 0 bridgehead atoms. The van der Waals surface area contributed by atoms with E-state index in [1.54, 1.807) is 6.07 Å². The Morgan fingerprint density at radius 3 is 2.62 bits per heavy atom. The molecular formula is C24H18N4O3S. The number of carbonyl (C=O) groups is 1. The van der Waals surface area contributed by atoms with Crippen LogP contribution in [0.3, 0.4) is 0 Å². The third-order valence-electron chi connectivity index (χ3n) is 5.16. The molecule has 4 N–H and O–H groups in total. The zero-order valence-corrected chi connectivity index (χ0v) is 17.6. The fourth-order valence-corrected chi connectivity index (χ4v) is 4.27. The second kappa shape index (κ2) is 8.16. The van der Waals surface area contributed by atoms with Gasteiger partial charge in [0.05, 0.1) is 4.88 Å². The lowest BCUT2D eigenvalue weighted by atomic mass is 9.99. The summed E-state index contributed by atoms with van der Waals surface area (Å²) in [7, 11) is 0. The molecule has 0 fully saturated rings. The highest BCUT2D eigenvalue weighted by molar-refractivity contribution is 7.13. The monoisotopic (exact) mass is 442 g/mol. The van der Waals surface area contributed by atoms with Crippen LogP contribution in [0.2, 0.25) is 0 Å².